The number of hydrogen-bond donors (Lipinski definition) is 2. The number of carbonyl (C=O) groups is 2. The van der Waals surface area contributed by atoms with E-state index in [4.69, 9.17) is 0 Å². The van der Waals surface area contributed by atoms with E-state index in [-0.39, 0.29) is 17.9 Å². The van der Waals surface area contributed by atoms with E-state index in [0.29, 0.717) is 6.42 Å². The Labute approximate surface area is 146 Å². The molecule has 0 aliphatic heterocycles. The van der Waals surface area contributed by atoms with Crippen LogP contribution in [0.3, 0.4) is 0 Å². The Morgan fingerprint density at radius 1 is 1.17 bits per heavy atom. The van der Waals surface area contributed by atoms with Gasteiger partial charge in [-0.25, -0.2) is 0 Å². The summed E-state index contributed by atoms with van der Waals surface area (Å²) < 4.78 is 0. The highest BCUT2D eigenvalue weighted by molar-refractivity contribution is 7.14. The molecule has 2 aromatic rings. The van der Waals surface area contributed by atoms with Crippen molar-refractivity contribution in [3.8, 4) is 0 Å². The second-order valence-corrected chi connectivity index (χ2v) is 7.60. The fraction of sp³-hybridized carbons (Fsp3) is 0.368. The van der Waals surface area contributed by atoms with Gasteiger partial charge in [0.2, 0.25) is 5.91 Å². The largest absolute Gasteiger partial charge is 0.354 e. The number of amides is 2. The summed E-state index contributed by atoms with van der Waals surface area (Å²) in [7, 11) is 0. The summed E-state index contributed by atoms with van der Waals surface area (Å²) in [6, 6.07) is 9.61. The molecule has 126 valence electrons. The molecule has 1 heterocycles. The summed E-state index contributed by atoms with van der Waals surface area (Å²) in [5.41, 5.74) is 3.01. The number of fused-ring (bicyclic) bond motifs is 1. The molecule has 2 N–H and O–H groups in total. The second-order valence-electron chi connectivity index (χ2n) is 6.46. The molecule has 0 unspecified atom stereocenters. The Morgan fingerprint density at radius 3 is 2.58 bits per heavy atom. The SMILES string of the molecule is CC(C)NC(=O)Cc1ccc(NC(=O)c2cc3c(s2)CCC3)cc1. The predicted octanol–water partition coefficient (Wildman–Crippen LogP) is 3.56. The molecule has 3 rings (SSSR count). The first-order valence-electron chi connectivity index (χ1n) is 8.32. The molecule has 0 radical (unpaired) electrons. The van der Waals surface area contributed by atoms with Gasteiger partial charge in [0.05, 0.1) is 11.3 Å². The van der Waals surface area contributed by atoms with Crippen LogP contribution in [-0.2, 0) is 24.1 Å². The van der Waals surface area contributed by atoms with Crippen molar-refractivity contribution in [2.24, 2.45) is 0 Å². The number of rotatable bonds is 5. The van der Waals surface area contributed by atoms with Crippen molar-refractivity contribution in [1.29, 1.82) is 0 Å². The molecule has 0 saturated heterocycles. The lowest BCUT2D eigenvalue weighted by Gasteiger charge is -2.09. The van der Waals surface area contributed by atoms with E-state index >= 15 is 0 Å². The number of benzene rings is 1. The van der Waals surface area contributed by atoms with Crippen molar-refractivity contribution in [3.63, 3.8) is 0 Å². The molecule has 0 saturated carbocycles. The van der Waals surface area contributed by atoms with Crippen LogP contribution >= 0.6 is 11.3 Å². The van der Waals surface area contributed by atoms with Crippen LogP contribution in [-0.4, -0.2) is 17.9 Å². The molecule has 2 amide bonds. The van der Waals surface area contributed by atoms with E-state index < -0.39 is 0 Å². The zero-order valence-corrected chi connectivity index (χ0v) is 14.8. The summed E-state index contributed by atoms with van der Waals surface area (Å²) in [4.78, 5) is 26.2. The summed E-state index contributed by atoms with van der Waals surface area (Å²) in [5, 5.41) is 5.80. The fourth-order valence-electron chi connectivity index (χ4n) is 2.90. The predicted molar refractivity (Wildman–Crippen MR) is 97.7 cm³/mol. The van der Waals surface area contributed by atoms with Crippen molar-refractivity contribution < 1.29 is 9.59 Å². The molecule has 1 aliphatic rings. The Hall–Kier alpha value is -2.14. The van der Waals surface area contributed by atoms with E-state index in [1.54, 1.807) is 11.3 Å². The van der Waals surface area contributed by atoms with E-state index in [2.05, 4.69) is 10.6 Å². The molecule has 4 nitrogen and oxygen atoms in total. The lowest BCUT2D eigenvalue weighted by Crippen LogP contribution is -2.31. The summed E-state index contributed by atoms with van der Waals surface area (Å²) in [6.07, 6.45) is 3.74. The van der Waals surface area contributed by atoms with Crippen molar-refractivity contribution in [1.82, 2.24) is 5.32 Å². The molecule has 1 aromatic heterocycles. The molecule has 1 aromatic carbocycles. The highest BCUT2D eigenvalue weighted by atomic mass is 32.1. The maximum Gasteiger partial charge on any atom is 0.265 e. The second kappa shape index (κ2) is 7.18. The van der Waals surface area contributed by atoms with Crippen molar-refractivity contribution in [2.45, 2.75) is 45.6 Å². The van der Waals surface area contributed by atoms with Crippen LogP contribution in [0.5, 0.6) is 0 Å². The number of anilines is 1. The first-order valence-corrected chi connectivity index (χ1v) is 9.14. The van der Waals surface area contributed by atoms with E-state index in [9.17, 15) is 9.59 Å². The van der Waals surface area contributed by atoms with E-state index in [1.807, 2.05) is 44.2 Å². The summed E-state index contributed by atoms with van der Waals surface area (Å²) in [6.45, 7) is 3.88. The average Bonchev–Trinajstić information content (AvgIpc) is 3.09. The van der Waals surface area contributed by atoms with Crippen LogP contribution in [0.1, 0.15) is 45.9 Å². The van der Waals surface area contributed by atoms with Crippen molar-refractivity contribution >= 4 is 28.8 Å². The van der Waals surface area contributed by atoms with Gasteiger partial charge in [0.15, 0.2) is 0 Å². The summed E-state index contributed by atoms with van der Waals surface area (Å²) >= 11 is 1.60. The van der Waals surface area contributed by atoms with Gasteiger partial charge in [0.25, 0.3) is 5.91 Å². The monoisotopic (exact) mass is 342 g/mol. The minimum absolute atomic E-state index is 0.00915. The van der Waals surface area contributed by atoms with Gasteiger partial charge >= 0.3 is 0 Å². The van der Waals surface area contributed by atoms with Crippen molar-refractivity contribution in [2.75, 3.05) is 5.32 Å². The van der Waals surface area contributed by atoms with Gasteiger partial charge in [0.1, 0.15) is 0 Å². The topological polar surface area (TPSA) is 58.2 Å². The van der Waals surface area contributed by atoms with Gasteiger partial charge in [-0.3, -0.25) is 9.59 Å². The van der Waals surface area contributed by atoms with Crippen molar-refractivity contribution in [3.05, 3.63) is 51.2 Å². The first-order chi connectivity index (χ1) is 11.5. The van der Waals surface area contributed by atoms with Crippen LogP contribution in [0.25, 0.3) is 0 Å². The number of carbonyl (C=O) groups excluding carboxylic acids is 2. The lowest BCUT2D eigenvalue weighted by molar-refractivity contribution is -0.120. The molecule has 0 spiro atoms. The minimum atomic E-state index is -0.0558. The van der Waals surface area contributed by atoms with Crippen LogP contribution in [0.15, 0.2) is 30.3 Å². The van der Waals surface area contributed by atoms with Crippen LogP contribution in [0, 0.1) is 0 Å². The van der Waals surface area contributed by atoms with Gasteiger partial charge in [-0.1, -0.05) is 12.1 Å². The quantitative estimate of drug-likeness (QED) is 0.873. The molecule has 0 bridgehead atoms. The number of nitrogens with one attached hydrogen (secondary N) is 2. The third kappa shape index (κ3) is 4.03. The van der Waals surface area contributed by atoms with Crippen LogP contribution < -0.4 is 10.6 Å². The highest BCUT2D eigenvalue weighted by Crippen LogP contribution is 2.31. The molecule has 24 heavy (non-hydrogen) atoms. The summed E-state index contributed by atoms with van der Waals surface area (Å²) in [5.74, 6) is -0.0467. The Kier molecular flexibility index (Phi) is 5.00. The highest BCUT2D eigenvalue weighted by Gasteiger charge is 2.18. The van der Waals surface area contributed by atoms with Gasteiger partial charge in [-0.15, -0.1) is 11.3 Å². The van der Waals surface area contributed by atoms with E-state index in [0.717, 1.165) is 29.0 Å². The number of aryl methyl sites for hydroxylation is 2. The number of thiophene rings is 1. The maximum atomic E-state index is 12.3. The van der Waals surface area contributed by atoms with Gasteiger partial charge in [-0.2, -0.15) is 0 Å². The smallest absolute Gasteiger partial charge is 0.265 e. The zero-order chi connectivity index (χ0) is 17.1. The van der Waals surface area contributed by atoms with E-state index in [1.165, 1.54) is 16.9 Å². The number of hydrogen-bond acceptors (Lipinski definition) is 3. The van der Waals surface area contributed by atoms with Crippen LogP contribution in [0.2, 0.25) is 0 Å². The maximum absolute atomic E-state index is 12.3. The van der Waals surface area contributed by atoms with Gasteiger partial charge in [-0.05, 0) is 62.4 Å². The third-order valence-corrected chi connectivity index (χ3v) is 5.23. The average molecular weight is 342 g/mol. The van der Waals surface area contributed by atoms with Gasteiger partial charge in [0, 0.05) is 16.6 Å². The lowest BCUT2D eigenvalue weighted by atomic mass is 10.1. The standard InChI is InChI=1S/C19H22N2O2S/c1-12(2)20-18(22)10-13-6-8-15(9-7-13)21-19(23)17-11-14-4-3-5-16(14)24-17/h6-9,11-12H,3-5,10H2,1-2H3,(H,20,22)(H,21,23). The Balaban J connectivity index is 1.59. The fourth-order valence-corrected chi connectivity index (χ4v) is 4.05. The Bertz CT molecular complexity index is 726. The molecular formula is C19H22N2O2S. The van der Waals surface area contributed by atoms with Crippen LogP contribution in [0.4, 0.5) is 5.69 Å². The minimum Gasteiger partial charge on any atom is -0.354 e. The normalized spacial score (nSPS) is 13.0. The molecule has 0 atom stereocenters. The molecule has 5 heteroatoms. The molecule has 1 aliphatic carbocycles. The zero-order valence-electron chi connectivity index (χ0n) is 14.0. The molecule has 0 fully saturated rings. The third-order valence-electron chi connectivity index (χ3n) is 4.00. The Morgan fingerprint density at radius 2 is 1.92 bits per heavy atom. The van der Waals surface area contributed by atoms with Gasteiger partial charge < -0.3 is 10.6 Å². The first kappa shape index (κ1) is 16.7. The molecular weight excluding hydrogens is 320 g/mol.